The minimum absolute atomic E-state index is 0.245. The van der Waals surface area contributed by atoms with Gasteiger partial charge in [0, 0.05) is 13.1 Å². The first-order valence-electron chi connectivity index (χ1n) is 7.38. The molecule has 4 nitrogen and oxygen atoms in total. The van der Waals surface area contributed by atoms with Gasteiger partial charge in [-0.05, 0) is 49.8 Å². The van der Waals surface area contributed by atoms with Crippen LogP contribution in [-0.4, -0.2) is 24.2 Å². The Morgan fingerprint density at radius 3 is 2.50 bits per heavy atom. The van der Waals surface area contributed by atoms with Gasteiger partial charge < -0.3 is 15.7 Å². The number of rotatable bonds is 4. The van der Waals surface area contributed by atoms with Gasteiger partial charge in [-0.2, -0.15) is 0 Å². The fourth-order valence-electron chi connectivity index (χ4n) is 3.15. The third-order valence-electron chi connectivity index (χ3n) is 4.60. The normalized spacial score (nSPS) is 22.5. The Balaban J connectivity index is 2.09. The molecule has 1 aromatic rings. The van der Waals surface area contributed by atoms with Crippen LogP contribution >= 0.6 is 0 Å². The van der Waals surface area contributed by atoms with Crippen LogP contribution in [0.3, 0.4) is 0 Å². The van der Waals surface area contributed by atoms with E-state index in [1.54, 1.807) is 12.1 Å². The van der Waals surface area contributed by atoms with Gasteiger partial charge in [0.05, 0.1) is 16.9 Å². The van der Waals surface area contributed by atoms with Gasteiger partial charge in [-0.25, -0.2) is 4.79 Å². The van der Waals surface area contributed by atoms with Gasteiger partial charge in [-0.1, -0.05) is 13.3 Å². The highest BCUT2D eigenvalue weighted by molar-refractivity contribution is 5.90. The predicted octanol–water partition coefficient (Wildman–Crippen LogP) is 3.37. The zero-order valence-corrected chi connectivity index (χ0v) is 12.3. The Morgan fingerprint density at radius 1 is 1.35 bits per heavy atom. The van der Waals surface area contributed by atoms with Crippen molar-refractivity contribution in [2.75, 3.05) is 17.7 Å². The average Bonchev–Trinajstić information content (AvgIpc) is 2.46. The van der Waals surface area contributed by atoms with Crippen LogP contribution in [0.25, 0.3) is 0 Å². The summed E-state index contributed by atoms with van der Waals surface area (Å²) in [5, 5.41) is 8.97. The summed E-state index contributed by atoms with van der Waals surface area (Å²) in [4.78, 5) is 13.2. The summed E-state index contributed by atoms with van der Waals surface area (Å²) in [6.45, 7) is 2.26. The van der Waals surface area contributed by atoms with E-state index < -0.39 is 5.97 Å². The van der Waals surface area contributed by atoms with E-state index in [-0.39, 0.29) is 5.56 Å². The lowest BCUT2D eigenvalue weighted by atomic mass is 9.84. The highest BCUT2D eigenvalue weighted by Gasteiger charge is 2.24. The molecule has 0 amide bonds. The third kappa shape index (κ3) is 3.06. The largest absolute Gasteiger partial charge is 0.478 e. The van der Waals surface area contributed by atoms with Crippen LogP contribution in [0.1, 0.15) is 49.4 Å². The molecule has 20 heavy (non-hydrogen) atoms. The number of carboxylic acid groups (broad SMARTS) is 1. The molecule has 0 spiro atoms. The second kappa shape index (κ2) is 6.16. The number of nitrogens with zero attached hydrogens (tertiary/aromatic N) is 1. The molecule has 1 fully saturated rings. The van der Waals surface area contributed by atoms with Crippen molar-refractivity contribution in [1.29, 1.82) is 0 Å². The van der Waals surface area contributed by atoms with Crippen molar-refractivity contribution < 1.29 is 9.90 Å². The average molecular weight is 276 g/mol. The van der Waals surface area contributed by atoms with E-state index in [1.165, 1.54) is 32.1 Å². The molecule has 4 heteroatoms. The zero-order valence-electron chi connectivity index (χ0n) is 12.3. The second-order valence-corrected chi connectivity index (χ2v) is 5.77. The lowest BCUT2D eigenvalue weighted by molar-refractivity contribution is 0.0697. The summed E-state index contributed by atoms with van der Waals surface area (Å²) < 4.78 is 0. The molecule has 0 aromatic heterocycles. The summed E-state index contributed by atoms with van der Waals surface area (Å²) in [6, 6.07) is 5.51. The molecule has 1 saturated carbocycles. The maximum Gasteiger partial charge on any atom is 0.335 e. The number of hydrogen-bond donors (Lipinski definition) is 2. The molecule has 0 bridgehead atoms. The van der Waals surface area contributed by atoms with Crippen LogP contribution in [-0.2, 0) is 0 Å². The maximum atomic E-state index is 10.9. The number of carboxylic acids is 1. The third-order valence-corrected chi connectivity index (χ3v) is 4.60. The van der Waals surface area contributed by atoms with E-state index in [2.05, 4.69) is 18.9 Å². The lowest BCUT2D eigenvalue weighted by Crippen LogP contribution is -2.35. The summed E-state index contributed by atoms with van der Waals surface area (Å²) in [5.74, 6) is -0.0688. The number of nitrogen functional groups attached to an aromatic ring is 1. The number of carbonyl (C=O) groups is 1. The van der Waals surface area contributed by atoms with E-state index in [4.69, 9.17) is 10.8 Å². The van der Waals surface area contributed by atoms with Crippen LogP contribution in [0.2, 0.25) is 0 Å². The molecule has 0 radical (unpaired) electrons. The van der Waals surface area contributed by atoms with Gasteiger partial charge in [-0.3, -0.25) is 0 Å². The molecule has 1 aromatic carbocycles. The quantitative estimate of drug-likeness (QED) is 0.827. The van der Waals surface area contributed by atoms with Gasteiger partial charge in [-0.15, -0.1) is 0 Å². The topological polar surface area (TPSA) is 66.6 Å². The molecule has 0 heterocycles. The minimum atomic E-state index is -0.936. The van der Waals surface area contributed by atoms with Gasteiger partial charge in [0.2, 0.25) is 0 Å². The van der Waals surface area contributed by atoms with E-state index in [9.17, 15) is 4.79 Å². The van der Waals surface area contributed by atoms with Crippen molar-refractivity contribution >= 4 is 17.3 Å². The Kier molecular flexibility index (Phi) is 4.53. The molecule has 0 unspecified atom stereocenters. The molecule has 0 atom stereocenters. The molecule has 0 aliphatic heterocycles. The van der Waals surface area contributed by atoms with Gasteiger partial charge in [0.1, 0.15) is 0 Å². The van der Waals surface area contributed by atoms with Crippen LogP contribution in [0.15, 0.2) is 18.2 Å². The minimum Gasteiger partial charge on any atom is -0.478 e. The molecular weight excluding hydrogens is 252 g/mol. The fourth-order valence-corrected chi connectivity index (χ4v) is 3.15. The highest BCUT2D eigenvalue weighted by Crippen LogP contribution is 2.33. The standard InChI is InChI=1S/C16H24N2O2/c1-3-11-4-7-13(8-5-11)18(2)15-9-6-12(16(19)20)10-14(15)17/h6,9-11,13H,3-5,7-8,17H2,1-2H3,(H,19,20). The maximum absolute atomic E-state index is 10.9. The Hall–Kier alpha value is -1.71. The lowest BCUT2D eigenvalue weighted by Gasteiger charge is -2.36. The van der Waals surface area contributed by atoms with Crippen molar-refractivity contribution in [2.45, 2.75) is 45.1 Å². The molecular formula is C16H24N2O2. The first-order valence-corrected chi connectivity index (χ1v) is 7.38. The molecule has 110 valence electrons. The molecule has 1 aliphatic rings. The summed E-state index contributed by atoms with van der Waals surface area (Å²) in [5.41, 5.74) is 7.75. The highest BCUT2D eigenvalue weighted by atomic mass is 16.4. The number of nitrogens with two attached hydrogens (primary N) is 1. The SMILES string of the molecule is CCC1CCC(N(C)c2ccc(C(=O)O)cc2N)CC1. The van der Waals surface area contributed by atoms with E-state index in [1.807, 2.05) is 6.07 Å². The smallest absolute Gasteiger partial charge is 0.335 e. The predicted molar refractivity (Wildman–Crippen MR) is 82.3 cm³/mol. The molecule has 1 aliphatic carbocycles. The Morgan fingerprint density at radius 2 is 2.00 bits per heavy atom. The van der Waals surface area contributed by atoms with Crippen LogP contribution in [0.5, 0.6) is 0 Å². The number of aromatic carboxylic acids is 1. The van der Waals surface area contributed by atoms with Crippen LogP contribution in [0.4, 0.5) is 11.4 Å². The van der Waals surface area contributed by atoms with Gasteiger partial charge >= 0.3 is 5.97 Å². The summed E-state index contributed by atoms with van der Waals surface area (Å²) in [7, 11) is 2.06. The van der Waals surface area contributed by atoms with Crippen molar-refractivity contribution in [3.63, 3.8) is 0 Å². The number of hydrogen-bond acceptors (Lipinski definition) is 3. The molecule has 3 N–H and O–H groups in total. The number of anilines is 2. The van der Waals surface area contributed by atoms with Crippen molar-refractivity contribution in [3.8, 4) is 0 Å². The van der Waals surface area contributed by atoms with E-state index >= 15 is 0 Å². The van der Waals surface area contributed by atoms with Crippen LogP contribution < -0.4 is 10.6 Å². The summed E-state index contributed by atoms with van der Waals surface area (Å²) in [6.07, 6.45) is 6.20. The van der Waals surface area contributed by atoms with Crippen molar-refractivity contribution in [2.24, 2.45) is 5.92 Å². The van der Waals surface area contributed by atoms with Crippen molar-refractivity contribution in [3.05, 3.63) is 23.8 Å². The van der Waals surface area contributed by atoms with E-state index in [0.29, 0.717) is 11.7 Å². The van der Waals surface area contributed by atoms with Gasteiger partial charge in [0.25, 0.3) is 0 Å². The monoisotopic (exact) mass is 276 g/mol. The summed E-state index contributed by atoms with van der Waals surface area (Å²) >= 11 is 0. The molecule has 2 rings (SSSR count). The number of benzene rings is 1. The van der Waals surface area contributed by atoms with Gasteiger partial charge in [0.15, 0.2) is 0 Å². The Bertz CT molecular complexity index is 479. The molecule has 0 saturated heterocycles. The fraction of sp³-hybridized carbons (Fsp3) is 0.562. The Labute approximate surface area is 120 Å². The zero-order chi connectivity index (χ0) is 14.7. The second-order valence-electron chi connectivity index (χ2n) is 5.77. The first kappa shape index (κ1) is 14.7. The van der Waals surface area contributed by atoms with E-state index in [0.717, 1.165) is 11.6 Å². The van der Waals surface area contributed by atoms with Crippen LogP contribution in [0, 0.1) is 5.92 Å². The first-order chi connectivity index (χ1) is 9.52. The van der Waals surface area contributed by atoms with Crippen molar-refractivity contribution in [1.82, 2.24) is 0 Å².